The minimum Gasteiger partial charge on any atom is -0.326 e. The smallest absolute Gasteiger partial charge is 0.255 e. The summed E-state index contributed by atoms with van der Waals surface area (Å²) in [6.07, 6.45) is 1.16. The molecule has 0 aliphatic carbocycles. The van der Waals surface area contributed by atoms with Crippen molar-refractivity contribution >= 4 is 38.9 Å². The van der Waals surface area contributed by atoms with Crippen LogP contribution in [-0.4, -0.2) is 26.5 Å². The van der Waals surface area contributed by atoms with E-state index in [1.807, 2.05) is 31.2 Å². The lowest BCUT2D eigenvalue weighted by atomic mass is 10.1. The number of nitrogens with zero attached hydrogens (tertiary/aromatic N) is 1. The van der Waals surface area contributed by atoms with E-state index >= 15 is 0 Å². The molecule has 0 radical (unpaired) electrons. The molecule has 0 aromatic heterocycles. The molecule has 0 spiro atoms. The molecule has 3 rings (SSSR count). The molecule has 0 saturated heterocycles. The Morgan fingerprint density at radius 2 is 1.50 bits per heavy atom. The van der Waals surface area contributed by atoms with Crippen LogP contribution in [0.5, 0.6) is 0 Å². The summed E-state index contributed by atoms with van der Waals surface area (Å²) in [5, 5.41) is 5.44. The minimum atomic E-state index is -3.53. The molecule has 8 heteroatoms. The average Bonchev–Trinajstić information content (AvgIpc) is 2.72. The first-order valence-electron chi connectivity index (χ1n) is 9.95. The van der Waals surface area contributed by atoms with Crippen LogP contribution in [0.3, 0.4) is 0 Å². The fourth-order valence-corrected chi connectivity index (χ4v) is 4.08. The first kappa shape index (κ1) is 23.0. The molecule has 0 saturated carbocycles. The largest absolute Gasteiger partial charge is 0.326 e. The Morgan fingerprint density at radius 3 is 2.09 bits per heavy atom. The van der Waals surface area contributed by atoms with E-state index in [1.54, 1.807) is 48.5 Å². The highest BCUT2D eigenvalue weighted by molar-refractivity contribution is 7.92. The monoisotopic (exact) mass is 451 g/mol. The third kappa shape index (κ3) is 5.95. The maximum atomic E-state index is 12.6. The Hall–Kier alpha value is -3.65. The number of anilines is 3. The number of hydrogen-bond donors (Lipinski definition) is 2. The number of aryl methyl sites for hydroxylation is 1. The average molecular weight is 452 g/mol. The molecule has 0 aliphatic rings. The van der Waals surface area contributed by atoms with Crippen molar-refractivity contribution in [2.75, 3.05) is 21.2 Å². The Labute approximate surface area is 188 Å². The zero-order valence-electron chi connectivity index (χ0n) is 18.1. The van der Waals surface area contributed by atoms with E-state index in [-0.39, 0.29) is 18.4 Å². The minimum absolute atomic E-state index is 0.201. The van der Waals surface area contributed by atoms with Crippen LogP contribution >= 0.6 is 0 Å². The van der Waals surface area contributed by atoms with E-state index in [4.69, 9.17) is 0 Å². The van der Waals surface area contributed by atoms with Crippen LogP contribution in [0.25, 0.3) is 0 Å². The summed E-state index contributed by atoms with van der Waals surface area (Å²) in [5.74, 6) is -0.550. The van der Waals surface area contributed by atoms with Gasteiger partial charge in [0.25, 0.3) is 5.91 Å². The highest BCUT2D eigenvalue weighted by atomic mass is 32.2. The van der Waals surface area contributed by atoms with Gasteiger partial charge < -0.3 is 10.6 Å². The van der Waals surface area contributed by atoms with E-state index in [1.165, 1.54) is 11.2 Å². The van der Waals surface area contributed by atoms with Gasteiger partial charge >= 0.3 is 0 Å². The van der Waals surface area contributed by atoms with E-state index < -0.39 is 10.0 Å². The first-order chi connectivity index (χ1) is 15.1. The number of rotatable bonds is 7. The normalized spacial score (nSPS) is 11.0. The van der Waals surface area contributed by atoms with Crippen LogP contribution in [0.4, 0.5) is 17.1 Å². The van der Waals surface area contributed by atoms with Crippen molar-refractivity contribution in [3.63, 3.8) is 0 Å². The maximum absolute atomic E-state index is 12.6. The summed E-state index contributed by atoms with van der Waals surface area (Å²) in [6, 6.07) is 20.8. The van der Waals surface area contributed by atoms with Gasteiger partial charge in [0.15, 0.2) is 0 Å². The Morgan fingerprint density at radius 1 is 0.875 bits per heavy atom. The second-order valence-corrected chi connectivity index (χ2v) is 9.37. The van der Waals surface area contributed by atoms with Crippen molar-refractivity contribution in [1.82, 2.24) is 0 Å². The molecule has 32 heavy (non-hydrogen) atoms. The van der Waals surface area contributed by atoms with Crippen molar-refractivity contribution < 1.29 is 18.0 Å². The predicted molar refractivity (Wildman–Crippen MR) is 127 cm³/mol. The summed E-state index contributed by atoms with van der Waals surface area (Å²) in [5.41, 5.74) is 3.86. The molecular formula is C24H25N3O4S. The third-order valence-corrected chi connectivity index (χ3v) is 5.97. The molecule has 0 heterocycles. The van der Waals surface area contributed by atoms with Crippen LogP contribution in [0, 0.1) is 6.92 Å². The van der Waals surface area contributed by atoms with E-state index in [0.29, 0.717) is 22.6 Å². The van der Waals surface area contributed by atoms with Gasteiger partial charge in [-0.2, -0.15) is 0 Å². The molecule has 0 bridgehead atoms. The summed E-state index contributed by atoms with van der Waals surface area (Å²) >= 11 is 0. The number of carbonyl (C=O) groups excluding carboxylic acids is 2. The molecule has 2 N–H and O–H groups in total. The van der Waals surface area contributed by atoms with Gasteiger partial charge in [-0.25, -0.2) is 8.42 Å². The number of sulfonamides is 1. The highest BCUT2D eigenvalue weighted by Crippen LogP contribution is 2.23. The van der Waals surface area contributed by atoms with Gasteiger partial charge in [0.2, 0.25) is 15.9 Å². The van der Waals surface area contributed by atoms with Crippen molar-refractivity contribution in [2.24, 2.45) is 0 Å². The van der Waals surface area contributed by atoms with Crippen LogP contribution < -0.4 is 14.9 Å². The number of nitrogens with one attached hydrogen (secondary N) is 2. The van der Waals surface area contributed by atoms with Crippen LogP contribution in [0.15, 0.2) is 72.8 Å². The number of benzene rings is 3. The summed E-state index contributed by atoms with van der Waals surface area (Å²) in [6.45, 7) is 3.54. The molecular weight excluding hydrogens is 426 g/mol. The summed E-state index contributed by atoms with van der Waals surface area (Å²) < 4.78 is 26.2. The molecule has 2 amide bonds. The number of amides is 2. The SMILES string of the molecule is CC(=O)Nc1cccc(NC(=O)c2ccc(N(Cc3ccccc3C)S(C)(=O)=O)cc2)c1. The summed E-state index contributed by atoms with van der Waals surface area (Å²) in [7, 11) is -3.53. The second-order valence-electron chi connectivity index (χ2n) is 7.46. The quantitative estimate of drug-likeness (QED) is 0.564. The number of carbonyl (C=O) groups is 2. The zero-order chi connectivity index (χ0) is 23.3. The molecule has 0 aliphatic heterocycles. The van der Waals surface area contributed by atoms with Crippen LogP contribution in [0.1, 0.15) is 28.4 Å². The fourth-order valence-electron chi connectivity index (χ4n) is 3.20. The second kappa shape index (κ2) is 9.65. The Kier molecular flexibility index (Phi) is 6.95. The van der Waals surface area contributed by atoms with Crippen molar-refractivity contribution in [1.29, 1.82) is 0 Å². The topological polar surface area (TPSA) is 95.6 Å². The van der Waals surface area contributed by atoms with Gasteiger partial charge in [0.05, 0.1) is 18.5 Å². The van der Waals surface area contributed by atoms with Crippen molar-refractivity contribution in [3.8, 4) is 0 Å². The lowest BCUT2D eigenvalue weighted by Crippen LogP contribution is -2.29. The predicted octanol–water partition coefficient (Wildman–Crippen LogP) is 4.17. The molecule has 3 aromatic rings. The van der Waals surface area contributed by atoms with E-state index in [9.17, 15) is 18.0 Å². The highest BCUT2D eigenvalue weighted by Gasteiger charge is 2.19. The van der Waals surface area contributed by atoms with E-state index in [2.05, 4.69) is 10.6 Å². The van der Waals surface area contributed by atoms with Crippen molar-refractivity contribution in [3.05, 3.63) is 89.5 Å². The van der Waals surface area contributed by atoms with Gasteiger partial charge in [-0.3, -0.25) is 13.9 Å². The zero-order valence-corrected chi connectivity index (χ0v) is 18.9. The van der Waals surface area contributed by atoms with Gasteiger partial charge in [0.1, 0.15) is 0 Å². The molecule has 7 nitrogen and oxygen atoms in total. The molecule has 0 atom stereocenters. The lowest BCUT2D eigenvalue weighted by molar-refractivity contribution is -0.114. The van der Waals surface area contributed by atoms with Crippen LogP contribution in [-0.2, 0) is 21.4 Å². The molecule has 0 unspecified atom stereocenters. The molecule has 166 valence electrons. The van der Waals surface area contributed by atoms with Gasteiger partial charge in [-0.15, -0.1) is 0 Å². The van der Waals surface area contributed by atoms with Gasteiger partial charge in [-0.1, -0.05) is 30.3 Å². The fraction of sp³-hybridized carbons (Fsp3) is 0.167. The van der Waals surface area contributed by atoms with Gasteiger partial charge in [0, 0.05) is 23.9 Å². The maximum Gasteiger partial charge on any atom is 0.255 e. The molecule has 0 fully saturated rings. The Balaban J connectivity index is 1.78. The summed E-state index contributed by atoms with van der Waals surface area (Å²) in [4.78, 5) is 23.8. The lowest BCUT2D eigenvalue weighted by Gasteiger charge is -2.23. The first-order valence-corrected chi connectivity index (χ1v) is 11.8. The van der Waals surface area contributed by atoms with Crippen molar-refractivity contribution in [2.45, 2.75) is 20.4 Å². The van der Waals surface area contributed by atoms with Gasteiger partial charge in [-0.05, 0) is 60.5 Å². The van der Waals surface area contributed by atoms with E-state index in [0.717, 1.165) is 17.4 Å². The standard InChI is InChI=1S/C24H25N3O4S/c1-17-7-4-5-8-20(17)16-27(32(3,30)31)23-13-11-19(12-14-23)24(29)26-22-10-6-9-21(15-22)25-18(2)28/h4-15H,16H2,1-3H3,(H,25,28)(H,26,29). The van der Waals surface area contributed by atoms with Crippen LogP contribution in [0.2, 0.25) is 0 Å². The Bertz CT molecular complexity index is 1240. The molecule has 3 aromatic carbocycles. The number of hydrogen-bond acceptors (Lipinski definition) is 4. The third-order valence-electron chi connectivity index (χ3n) is 4.83.